The molecule has 0 radical (unpaired) electrons. The van der Waals surface area contributed by atoms with E-state index >= 15 is 0 Å². The molecule has 0 aliphatic carbocycles. The van der Waals surface area contributed by atoms with Gasteiger partial charge in [-0.05, 0) is 73.7 Å². The predicted octanol–water partition coefficient (Wildman–Crippen LogP) is 5.45. The number of carbonyl (C=O) groups is 2. The van der Waals surface area contributed by atoms with E-state index in [0.29, 0.717) is 48.3 Å². The van der Waals surface area contributed by atoms with Gasteiger partial charge in [0.2, 0.25) is 0 Å². The van der Waals surface area contributed by atoms with Crippen LogP contribution < -0.4 is 10.1 Å². The molecule has 0 unspecified atom stereocenters. The highest BCUT2D eigenvalue weighted by atomic mass is 19.4. The van der Waals surface area contributed by atoms with Crippen LogP contribution in [0.5, 0.6) is 5.75 Å². The molecule has 2 aromatic carbocycles. The summed E-state index contributed by atoms with van der Waals surface area (Å²) in [6.45, 7) is 5.58. The lowest BCUT2D eigenvalue weighted by Crippen LogP contribution is -2.49. The van der Waals surface area contributed by atoms with Crippen LogP contribution in [0.3, 0.4) is 0 Å². The van der Waals surface area contributed by atoms with Gasteiger partial charge in [-0.3, -0.25) is 0 Å². The van der Waals surface area contributed by atoms with Gasteiger partial charge < -0.3 is 19.8 Å². The van der Waals surface area contributed by atoms with E-state index in [1.54, 1.807) is 24.3 Å². The van der Waals surface area contributed by atoms with E-state index in [9.17, 15) is 27.2 Å². The van der Waals surface area contributed by atoms with Gasteiger partial charge >= 0.3 is 18.2 Å². The summed E-state index contributed by atoms with van der Waals surface area (Å²) in [4.78, 5) is 31.5. The number of nitrogens with one attached hydrogen (secondary N) is 1. The molecule has 208 valence electrons. The average molecular weight is 540 g/mol. The number of hydroxylamine groups is 2. The zero-order valence-electron chi connectivity index (χ0n) is 21.5. The molecule has 0 bridgehead atoms. The largest absolute Gasteiger partial charge is 0.493 e. The van der Waals surface area contributed by atoms with Crippen molar-refractivity contribution in [3.05, 3.63) is 65.5 Å². The van der Waals surface area contributed by atoms with E-state index in [1.807, 2.05) is 13.8 Å². The summed E-state index contributed by atoms with van der Waals surface area (Å²) < 4.78 is 58.3. The van der Waals surface area contributed by atoms with Gasteiger partial charge in [-0.25, -0.2) is 14.0 Å². The van der Waals surface area contributed by atoms with E-state index in [2.05, 4.69) is 10.2 Å². The Morgan fingerprint density at radius 2 is 1.61 bits per heavy atom. The van der Waals surface area contributed by atoms with Gasteiger partial charge in [0.05, 0.1) is 13.2 Å². The molecule has 1 atom stereocenters. The first-order chi connectivity index (χ1) is 18.0. The minimum atomic E-state index is -5.30. The highest BCUT2D eigenvalue weighted by Gasteiger charge is 2.44. The van der Waals surface area contributed by atoms with Crippen LogP contribution in [0, 0.1) is 11.7 Å². The fourth-order valence-corrected chi connectivity index (χ4v) is 4.01. The Balaban J connectivity index is 1.88. The first-order valence-electron chi connectivity index (χ1n) is 12.6. The molecule has 1 aliphatic heterocycles. The molecule has 0 spiro atoms. The lowest BCUT2D eigenvalue weighted by Gasteiger charge is -2.35. The van der Waals surface area contributed by atoms with Crippen molar-refractivity contribution in [3.63, 3.8) is 0 Å². The van der Waals surface area contributed by atoms with Crippen LogP contribution in [-0.2, 0) is 22.7 Å². The second-order valence-corrected chi connectivity index (χ2v) is 9.63. The maximum absolute atomic E-state index is 13.7. The molecule has 1 heterocycles. The zero-order valence-corrected chi connectivity index (χ0v) is 21.5. The Morgan fingerprint density at radius 3 is 2.24 bits per heavy atom. The predicted molar refractivity (Wildman–Crippen MR) is 132 cm³/mol. The van der Waals surface area contributed by atoms with E-state index in [4.69, 9.17) is 4.74 Å². The normalized spacial score (nSPS) is 16.0. The van der Waals surface area contributed by atoms with Crippen LogP contribution in [0.2, 0.25) is 0 Å². The van der Waals surface area contributed by atoms with Crippen molar-refractivity contribution < 1.29 is 36.7 Å². The number of alkyl halides is 3. The summed E-state index contributed by atoms with van der Waals surface area (Å²) in [5.74, 6) is -2.05. The molecule has 11 heteroatoms. The van der Waals surface area contributed by atoms with Gasteiger partial charge in [0, 0.05) is 12.6 Å². The Labute approximate surface area is 219 Å². The van der Waals surface area contributed by atoms with E-state index in [-0.39, 0.29) is 12.6 Å². The number of urea groups is 1. The molecular formula is C27H33F4N3O4. The number of rotatable bonds is 8. The molecule has 0 aromatic heterocycles. The highest BCUT2D eigenvalue weighted by Crippen LogP contribution is 2.24. The summed E-state index contributed by atoms with van der Waals surface area (Å²) in [6, 6.07) is 10.8. The molecule has 2 aromatic rings. The summed E-state index contributed by atoms with van der Waals surface area (Å²) in [7, 11) is 0. The number of hydrogen-bond donors (Lipinski definition) is 1. The van der Waals surface area contributed by atoms with Crippen molar-refractivity contribution in [1.29, 1.82) is 0 Å². The SMILES string of the molecule is CC(C)COc1ccc(CN(C(=O)N(Cc2ccc(F)cc2)OC(=O)C(F)(F)F)[C@H]2CCCNCC2)cc1. The van der Waals surface area contributed by atoms with Crippen LogP contribution in [0.1, 0.15) is 44.2 Å². The van der Waals surface area contributed by atoms with Crippen LogP contribution in [0.25, 0.3) is 0 Å². The van der Waals surface area contributed by atoms with Crippen molar-refractivity contribution in [1.82, 2.24) is 15.3 Å². The number of ether oxygens (including phenoxy) is 1. The van der Waals surface area contributed by atoms with E-state index in [1.165, 1.54) is 17.0 Å². The Hall–Kier alpha value is -3.34. The van der Waals surface area contributed by atoms with Crippen molar-refractivity contribution in [2.75, 3.05) is 19.7 Å². The number of halogens is 4. The third-order valence-electron chi connectivity index (χ3n) is 5.97. The summed E-state index contributed by atoms with van der Waals surface area (Å²) >= 11 is 0. The van der Waals surface area contributed by atoms with Gasteiger partial charge in [0.15, 0.2) is 0 Å². The van der Waals surface area contributed by atoms with Crippen molar-refractivity contribution >= 4 is 12.0 Å². The first kappa shape index (κ1) is 29.2. The fraction of sp³-hybridized carbons (Fsp3) is 0.481. The van der Waals surface area contributed by atoms with Crippen molar-refractivity contribution in [3.8, 4) is 5.75 Å². The highest BCUT2D eigenvalue weighted by molar-refractivity contribution is 5.79. The molecule has 3 rings (SSSR count). The second kappa shape index (κ2) is 13.5. The molecule has 1 fully saturated rings. The van der Waals surface area contributed by atoms with Gasteiger partial charge in [0.25, 0.3) is 0 Å². The van der Waals surface area contributed by atoms with Crippen LogP contribution >= 0.6 is 0 Å². The minimum Gasteiger partial charge on any atom is -0.493 e. The number of nitrogens with zero attached hydrogens (tertiary/aromatic N) is 2. The van der Waals surface area contributed by atoms with Gasteiger partial charge in [-0.1, -0.05) is 38.1 Å². The number of carbonyl (C=O) groups excluding carboxylic acids is 2. The van der Waals surface area contributed by atoms with Gasteiger partial charge in [0.1, 0.15) is 11.6 Å². The summed E-state index contributed by atoms with van der Waals surface area (Å²) in [5, 5.41) is 3.66. The van der Waals surface area contributed by atoms with Crippen LogP contribution in [0.4, 0.5) is 22.4 Å². The molecule has 38 heavy (non-hydrogen) atoms. The maximum Gasteiger partial charge on any atom is 0.493 e. The smallest absolute Gasteiger partial charge is 0.493 e. The fourth-order valence-electron chi connectivity index (χ4n) is 4.01. The second-order valence-electron chi connectivity index (χ2n) is 9.63. The average Bonchev–Trinajstić information content (AvgIpc) is 3.16. The minimum absolute atomic E-state index is 0.0808. The lowest BCUT2D eigenvalue weighted by atomic mass is 10.1. The quantitative estimate of drug-likeness (QED) is 0.357. The molecule has 1 N–H and O–H groups in total. The third-order valence-corrected chi connectivity index (χ3v) is 5.97. The third kappa shape index (κ3) is 8.90. The zero-order chi connectivity index (χ0) is 27.7. The molecule has 1 saturated heterocycles. The van der Waals surface area contributed by atoms with Crippen molar-refractivity contribution in [2.45, 2.75) is 58.4 Å². The summed E-state index contributed by atoms with van der Waals surface area (Å²) in [5.41, 5.74) is 1.03. The monoisotopic (exact) mass is 539 g/mol. The van der Waals surface area contributed by atoms with Gasteiger partial charge in [-0.15, -0.1) is 5.06 Å². The molecule has 1 aliphatic rings. The molecule has 0 saturated carbocycles. The summed E-state index contributed by atoms with van der Waals surface area (Å²) in [6.07, 6.45) is -3.36. The van der Waals surface area contributed by atoms with Crippen LogP contribution in [0.15, 0.2) is 48.5 Å². The Kier molecular flexibility index (Phi) is 10.3. The van der Waals surface area contributed by atoms with E-state index in [0.717, 1.165) is 30.7 Å². The number of amides is 2. The standard InChI is InChI=1S/C27H33F4N3O4/c1-19(2)18-37-24-11-7-20(8-12-24)16-33(23-4-3-14-32-15-13-23)26(36)34(38-25(35)27(29,30)31)17-21-5-9-22(28)10-6-21/h5-12,19,23,32H,3-4,13-18H2,1-2H3/t23-/m0/s1. The molecule has 2 amide bonds. The van der Waals surface area contributed by atoms with Gasteiger partial charge in [-0.2, -0.15) is 13.2 Å². The number of benzene rings is 2. The molecule has 7 nitrogen and oxygen atoms in total. The Bertz CT molecular complexity index is 1040. The van der Waals surface area contributed by atoms with Crippen LogP contribution in [-0.4, -0.2) is 53.9 Å². The lowest BCUT2D eigenvalue weighted by molar-refractivity contribution is -0.231. The maximum atomic E-state index is 13.7. The number of hydrogen-bond acceptors (Lipinski definition) is 5. The van der Waals surface area contributed by atoms with Crippen molar-refractivity contribution in [2.24, 2.45) is 5.92 Å². The topological polar surface area (TPSA) is 71.1 Å². The Morgan fingerprint density at radius 1 is 0.974 bits per heavy atom. The first-order valence-corrected chi connectivity index (χ1v) is 12.6. The van der Waals surface area contributed by atoms with E-state index < -0.39 is 30.5 Å². The molecular weight excluding hydrogens is 506 g/mol.